The largest absolute Gasteiger partial charge is 0.299 e. The number of Topliss-reactive ketones (excluding diaryl/α,β-unsaturated/α-hetero) is 1. The SMILES string of the molecule is CC1(CCC2=CCCCC2)CCC(=O)C1I. The van der Waals surface area contributed by atoms with Crippen LogP contribution in [-0.2, 0) is 4.79 Å². The summed E-state index contributed by atoms with van der Waals surface area (Å²) in [6, 6.07) is 0. The van der Waals surface area contributed by atoms with E-state index in [4.69, 9.17) is 0 Å². The Morgan fingerprint density at radius 1 is 1.44 bits per heavy atom. The first kappa shape index (κ1) is 12.6. The number of allylic oxidation sites excluding steroid dienone is 2. The monoisotopic (exact) mass is 332 g/mol. The smallest absolute Gasteiger partial charge is 0.146 e. The van der Waals surface area contributed by atoms with E-state index in [1.807, 2.05) is 0 Å². The van der Waals surface area contributed by atoms with Gasteiger partial charge in [-0.2, -0.15) is 0 Å². The van der Waals surface area contributed by atoms with Crippen LogP contribution in [0.4, 0.5) is 0 Å². The van der Waals surface area contributed by atoms with Crippen LogP contribution in [0.3, 0.4) is 0 Å². The maximum atomic E-state index is 11.6. The highest BCUT2D eigenvalue weighted by molar-refractivity contribution is 14.1. The van der Waals surface area contributed by atoms with Crippen molar-refractivity contribution in [2.24, 2.45) is 5.41 Å². The molecule has 90 valence electrons. The number of carbonyl (C=O) groups excluding carboxylic acids is 1. The van der Waals surface area contributed by atoms with E-state index in [0.717, 1.165) is 12.8 Å². The fourth-order valence-electron chi connectivity index (χ4n) is 2.88. The van der Waals surface area contributed by atoms with E-state index in [1.165, 1.54) is 38.5 Å². The summed E-state index contributed by atoms with van der Waals surface area (Å²) in [6.07, 6.45) is 12.1. The zero-order chi connectivity index (χ0) is 11.6. The molecule has 16 heavy (non-hydrogen) atoms. The molecule has 0 spiro atoms. The Bertz CT molecular complexity index is 308. The van der Waals surface area contributed by atoms with E-state index in [-0.39, 0.29) is 9.34 Å². The third kappa shape index (κ3) is 2.69. The van der Waals surface area contributed by atoms with Crippen LogP contribution in [0, 0.1) is 5.41 Å². The zero-order valence-electron chi connectivity index (χ0n) is 10.1. The molecule has 2 heteroatoms. The molecule has 2 aliphatic carbocycles. The first-order chi connectivity index (χ1) is 7.62. The molecule has 1 nitrogen and oxygen atoms in total. The van der Waals surface area contributed by atoms with E-state index in [1.54, 1.807) is 5.57 Å². The molecule has 0 amide bonds. The Balaban J connectivity index is 1.89. The summed E-state index contributed by atoms with van der Waals surface area (Å²) in [6.45, 7) is 2.30. The molecule has 2 rings (SSSR count). The highest BCUT2D eigenvalue weighted by atomic mass is 127. The fourth-order valence-corrected chi connectivity index (χ4v) is 3.81. The van der Waals surface area contributed by atoms with E-state index in [2.05, 4.69) is 35.6 Å². The van der Waals surface area contributed by atoms with Crippen molar-refractivity contribution >= 4 is 28.4 Å². The first-order valence-electron chi connectivity index (χ1n) is 6.46. The van der Waals surface area contributed by atoms with Crippen molar-refractivity contribution < 1.29 is 4.79 Å². The Labute approximate surface area is 112 Å². The van der Waals surface area contributed by atoms with Gasteiger partial charge in [-0.15, -0.1) is 0 Å². The van der Waals surface area contributed by atoms with Crippen LogP contribution < -0.4 is 0 Å². The molecule has 0 saturated heterocycles. The van der Waals surface area contributed by atoms with E-state index in [0.29, 0.717) is 5.78 Å². The number of ketones is 1. The topological polar surface area (TPSA) is 17.1 Å². The Morgan fingerprint density at radius 2 is 2.25 bits per heavy atom. The lowest BCUT2D eigenvalue weighted by Crippen LogP contribution is -2.25. The third-order valence-corrected chi connectivity index (χ3v) is 6.44. The molecule has 0 bridgehead atoms. The number of hydrogen-bond acceptors (Lipinski definition) is 1. The van der Waals surface area contributed by atoms with Crippen molar-refractivity contribution in [3.63, 3.8) is 0 Å². The van der Waals surface area contributed by atoms with Crippen molar-refractivity contribution in [2.75, 3.05) is 0 Å². The molecule has 0 heterocycles. The number of hydrogen-bond donors (Lipinski definition) is 0. The number of rotatable bonds is 3. The molecule has 2 unspecified atom stereocenters. The predicted molar refractivity (Wildman–Crippen MR) is 75.9 cm³/mol. The van der Waals surface area contributed by atoms with Gasteiger partial charge in [0.2, 0.25) is 0 Å². The predicted octanol–water partition coefficient (Wildman–Crippen LogP) is 4.44. The van der Waals surface area contributed by atoms with Crippen LogP contribution in [-0.4, -0.2) is 9.71 Å². The molecule has 0 aromatic rings. The fraction of sp³-hybridized carbons (Fsp3) is 0.786. The lowest BCUT2D eigenvalue weighted by atomic mass is 9.81. The molecule has 2 atom stereocenters. The normalized spacial score (nSPS) is 35.2. The summed E-state index contributed by atoms with van der Waals surface area (Å²) in [5, 5.41) is 0. The minimum atomic E-state index is 0.259. The van der Waals surface area contributed by atoms with Gasteiger partial charge in [-0.25, -0.2) is 0 Å². The van der Waals surface area contributed by atoms with Gasteiger partial charge < -0.3 is 0 Å². The lowest BCUT2D eigenvalue weighted by Gasteiger charge is -2.28. The van der Waals surface area contributed by atoms with E-state index < -0.39 is 0 Å². The molecule has 1 saturated carbocycles. The standard InChI is InChI=1S/C14H21IO/c1-14(10-8-12(16)13(14)15)9-7-11-5-3-2-4-6-11/h5,13H,2-4,6-10H2,1H3. The van der Waals surface area contributed by atoms with Crippen LogP contribution in [0.2, 0.25) is 0 Å². The van der Waals surface area contributed by atoms with Crippen LogP contribution in [0.15, 0.2) is 11.6 Å². The Kier molecular flexibility index (Phi) is 4.09. The number of carbonyl (C=O) groups is 1. The van der Waals surface area contributed by atoms with Gasteiger partial charge in [0.05, 0.1) is 3.92 Å². The highest BCUT2D eigenvalue weighted by Gasteiger charge is 2.42. The molecule has 2 aliphatic rings. The van der Waals surface area contributed by atoms with Gasteiger partial charge in [0.25, 0.3) is 0 Å². The maximum absolute atomic E-state index is 11.6. The third-order valence-electron chi connectivity index (χ3n) is 4.24. The minimum Gasteiger partial charge on any atom is -0.299 e. The zero-order valence-corrected chi connectivity index (χ0v) is 12.3. The quantitative estimate of drug-likeness (QED) is 0.424. The van der Waals surface area contributed by atoms with Crippen molar-refractivity contribution in [3.05, 3.63) is 11.6 Å². The summed E-state index contributed by atoms with van der Waals surface area (Å²) < 4.78 is 0.259. The van der Waals surface area contributed by atoms with Crippen molar-refractivity contribution in [1.29, 1.82) is 0 Å². The summed E-state index contributed by atoms with van der Waals surface area (Å²) >= 11 is 2.36. The summed E-state index contributed by atoms with van der Waals surface area (Å²) in [5.74, 6) is 0.473. The van der Waals surface area contributed by atoms with Crippen molar-refractivity contribution in [2.45, 2.75) is 62.2 Å². The second-order valence-corrected chi connectivity index (χ2v) is 6.84. The molecule has 0 aromatic heterocycles. The molecular weight excluding hydrogens is 311 g/mol. The van der Waals surface area contributed by atoms with Crippen LogP contribution in [0.25, 0.3) is 0 Å². The molecule has 0 aromatic carbocycles. The van der Waals surface area contributed by atoms with Crippen molar-refractivity contribution in [3.8, 4) is 0 Å². The Hall–Kier alpha value is 0.140. The minimum absolute atomic E-state index is 0.259. The highest BCUT2D eigenvalue weighted by Crippen LogP contribution is 2.45. The van der Waals surface area contributed by atoms with Gasteiger partial charge in [-0.1, -0.05) is 41.2 Å². The van der Waals surface area contributed by atoms with Gasteiger partial charge in [0.1, 0.15) is 5.78 Å². The first-order valence-corrected chi connectivity index (χ1v) is 7.71. The van der Waals surface area contributed by atoms with Gasteiger partial charge >= 0.3 is 0 Å². The summed E-state index contributed by atoms with van der Waals surface area (Å²) in [5.41, 5.74) is 1.92. The van der Waals surface area contributed by atoms with Crippen LogP contribution in [0.5, 0.6) is 0 Å². The van der Waals surface area contributed by atoms with E-state index >= 15 is 0 Å². The summed E-state index contributed by atoms with van der Waals surface area (Å²) in [7, 11) is 0. The number of alkyl halides is 1. The van der Waals surface area contributed by atoms with Crippen molar-refractivity contribution in [1.82, 2.24) is 0 Å². The average Bonchev–Trinajstić information content (AvgIpc) is 2.57. The lowest BCUT2D eigenvalue weighted by molar-refractivity contribution is -0.117. The van der Waals surface area contributed by atoms with Gasteiger partial charge in [-0.3, -0.25) is 4.79 Å². The summed E-state index contributed by atoms with van der Waals surface area (Å²) in [4.78, 5) is 11.6. The van der Waals surface area contributed by atoms with Crippen LogP contribution in [0.1, 0.15) is 58.3 Å². The molecule has 1 fully saturated rings. The van der Waals surface area contributed by atoms with Crippen LogP contribution >= 0.6 is 22.6 Å². The molecule has 0 N–H and O–H groups in total. The molecule has 0 radical (unpaired) electrons. The van der Waals surface area contributed by atoms with Gasteiger partial charge in [0.15, 0.2) is 0 Å². The second-order valence-electron chi connectivity index (χ2n) is 5.59. The second kappa shape index (κ2) is 5.19. The van der Waals surface area contributed by atoms with E-state index in [9.17, 15) is 4.79 Å². The van der Waals surface area contributed by atoms with Gasteiger partial charge in [0, 0.05) is 6.42 Å². The molecular formula is C14H21IO. The molecule has 0 aliphatic heterocycles. The average molecular weight is 332 g/mol. The maximum Gasteiger partial charge on any atom is 0.146 e. The van der Waals surface area contributed by atoms with Gasteiger partial charge in [-0.05, 0) is 50.4 Å². The Morgan fingerprint density at radius 3 is 2.81 bits per heavy atom. The number of halogens is 1.